The van der Waals surface area contributed by atoms with E-state index in [4.69, 9.17) is 27.9 Å². The van der Waals surface area contributed by atoms with Crippen LogP contribution in [0.15, 0.2) is 77.9 Å². The Kier molecular flexibility index (Phi) is 6.47. The standard InChI is InChI=1S/C21H16Cl2N2O2/c22-18-9-5-15(6-10-18)14-27-20-4-2-1-3-17(20)13-24-25-21(26)16-7-11-19(23)12-8-16/h1-13H,14H2,(H,25,26)/b24-13-. The lowest BCUT2D eigenvalue weighted by atomic mass is 10.2. The maximum absolute atomic E-state index is 12.1. The Morgan fingerprint density at radius 3 is 2.26 bits per heavy atom. The summed E-state index contributed by atoms with van der Waals surface area (Å²) in [5.74, 6) is 0.347. The molecule has 0 aliphatic carbocycles. The van der Waals surface area contributed by atoms with Crippen LogP contribution in [0, 0.1) is 0 Å². The molecular weight excluding hydrogens is 383 g/mol. The minimum atomic E-state index is -0.317. The Morgan fingerprint density at radius 1 is 0.926 bits per heavy atom. The Morgan fingerprint density at radius 2 is 1.56 bits per heavy atom. The van der Waals surface area contributed by atoms with Crippen molar-refractivity contribution in [2.75, 3.05) is 0 Å². The van der Waals surface area contributed by atoms with E-state index in [9.17, 15) is 4.79 Å². The topological polar surface area (TPSA) is 50.7 Å². The number of amides is 1. The predicted molar refractivity (Wildman–Crippen MR) is 109 cm³/mol. The molecule has 0 aliphatic rings. The summed E-state index contributed by atoms with van der Waals surface area (Å²) < 4.78 is 5.86. The van der Waals surface area contributed by atoms with Crippen molar-refractivity contribution in [3.8, 4) is 5.75 Å². The van der Waals surface area contributed by atoms with E-state index in [0.717, 1.165) is 11.1 Å². The molecule has 1 N–H and O–H groups in total. The molecule has 136 valence electrons. The fourth-order valence-corrected chi connectivity index (χ4v) is 2.54. The molecule has 27 heavy (non-hydrogen) atoms. The molecule has 0 atom stereocenters. The second-order valence-electron chi connectivity index (χ2n) is 5.66. The number of hydrazone groups is 1. The summed E-state index contributed by atoms with van der Waals surface area (Å²) in [6, 6.07) is 21.5. The van der Waals surface area contributed by atoms with Gasteiger partial charge in [0.25, 0.3) is 5.91 Å². The molecule has 0 unspecified atom stereocenters. The highest BCUT2D eigenvalue weighted by molar-refractivity contribution is 6.30. The third kappa shape index (κ3) is 5.58. The number of nitrogens with one attached hydrogen (secondary N) is 1. The molecule has 0 aromatic heterocycles. The fraction of sp³-hybridized carbons (Fsp3) is 0.0476. The van der Waals surface area contributed by atoms with Gasteiger partial charge < -0.3 is 4.74 Å². The molecule has 0 radical (unpaired) electrons. The van der Waals surface area contributed by atoms with Gasteiger partial charge in [-0.25, -0.2) is 5.43 Å². The Labute approximate surface area is 167 Å². The van der Waals surface area contributed by atoms with Gasteiger partial charge in [0.05, 0.1) is 6.21 Å². The molecule has 3 aromatic rings. The highest BCUT2D eigenvalue weighted by atomic mass is 35.5. The van der Waals surface area contributed by atoms with Crippen LogP contribution >= 0.6 is 23.2 Å². The van der Waals surface area contributed by atoms with Gasteiger partial charge in [0, 0.05) is 21.2 Å². The average Bonchev–Trinajstić information content (AvgIpc) is 2.69. The zero-order valence-corrected chi connectivity index (χ0v) is 15.7. The van der Waals surface area contributed by atoms with E-state index >= 15 is 0 Å². The quantitative estimate of drug-likeness (QED) is 0.450. The lowest BCUT2D eigenvalue weighted by Crippen LogP contribution is -2.17. The molecule has 1 amide bonds. The first-order valence-electron chi connectivity index (χ1n) is 8.17. The molecule has 3 aromatic carbocycles. The van der Waals surface area contributed by atoms with Crippen LogP contribution < -0.4 is 10.2 Å². The Hall–Kier alpha value is -2.82. The van der Waals surface area contributed by atoms with E-state index in [2.05, 4.69) is 10.5 Å². The largest absolute Gasteiger partial charge is 0.488 e. The fourth-order valence-electron chi connectivity index (χ4n) is 2.29. The highest BCUT2D eigenvalue weighted by Crippen LogP contribution is 2.18. The minimum absolute atomic E-state index is 0.317. The molecule has 0 saturated heterocycles. The van der Waals surface area contributed by atoms with Gasteiger partial charge in [-0.3, -0.25) is 4.79 Å². The number of rotatable bonds is 6. The summed E-state index contributed by atoms with van der Waals surface area (Å²) in [5, 5.41) is 5.27. The van der Waals surface area contributed by atoms with E-state index in [0.29, 0.717) is 28.0 Å². The van der Waals surface area contributed by atoms with Crippen LogP contribution in [-0.2, 0) is 6.61 Å². The van der Waals surface area contributed by atoms with Crippen molar-refractivity contribution < 1.29 is 9.53 Å². The van der Waals surface area contributed by atoms with E-state index in [1.54, 1.807) is 30.5 Å². The molecule has 0 spiro atoms. The minimum Gasteiger partial charge on any atom is -0.488 e. The summed E-state index contributed by atoms with van der Waals surface area (Å²) in [7, 11) is 0. The molecule has 3 rings (SSSR count). The predicted octanol–water partition coefficient (Wildman–Crippen LogP) is 5.34. The molecular formula is C21H16Cl2N2O2. The first-order chi connectivity index (χ1) is 13.1. The van der Waals surface area contributed by atoms with E-state index in [-0.39, 0.29) is 5.91 Å². The summed E-state index contributed by atoms with van der Waals surface area (Å²) in [6.07, 6.45) is 1.55. The first-order valence-corrected chi connectivity index (χ1v) is 8.92. The van der Waals surface area contributed by atoms with Crippen LogP contribution in [0.1, 0.15) is 21.5 Å². The normalized spacial score (nSPS) is 10.7. The lowest BCUT2D eigenvalue weighted by molar-refractivity contribution is 0.0955. The van der Waals surface area contributed by atoms with Crippen LogP contribution in [0.4, 0.5) is 0 Å². The number of hydrogen-bond donors (Lipinski definition) is 1. The average molecular weight is 399 g/mol. The van der Waals surface area contributed by atoms with Crippen molar-refractivity contribution in [3.63, 3.8) is 0 Å². The summed E-state index contributed by atoms with van der Waals surface area (Å²) in [4.78, 5) is 12.1. The SMILES string of the molecule is O=C(N/N=C\c1ccccc1OCc1ccc(Cl)cc1)c1ccc(Cl)cc1. The second-order valence-corrected chi connectivity index (χ2v) is 6.53. The second kappa shape index (κ2) is 9.21. The van der Waals surface area contributed by atoms with Crippen LogP contribution in [-0.4, -0.2) is 12.1 Å². The highest BCUT2D eigenvalue weighted by Gasteiger charge is 2.05. The number of halogens is 2. The van der Waals surface area contributed by atoms with E-state index in [1.807, 2.05) is 48.5 Å². The van der Waals surface area contributed by atoms with E-state index < -0.39 is 0 Å². The zero-order chi connectivity index (χ0) is 19.1. The monoisotopic (exact) mass is 398 g/mol. The molecule has 0 saturated carbocycles. The van der Waals surface area contributed by atoms with Crippen LogP contribution in [0.5, 0.6) is 5.75 Å². The van der Waals surface area contributed by atoms with Crippen LogP contribution in [0.2, 0.25) is 10.0 Å². The van der Waals surface area contributed by atoms with Gasteiger partial charge in [-0.15, -0.1) is 0 Å². The lowest BCUT2D eigenvalue weighted by Gasteiger charge is -2.09. The molecule has 0 aliphatic heterocycles. The number of carbonyl (C=O) groups is 1. The number of ether oxygens (including phenoxy) is 1. The first kappa shape index (κ1) is 19.0. The zero-order valence-electron chi connectivity index (χ0n) is 14.2. The van der Waals surface area contributed by atoms with Gasteiger partial charge in [0.1, 0.15) is 12.4 Å². The van der Waals surface area contributed by atoms with Crippen molar-refractivity contribution in [1.82, 2.24) is 5.43 Å². The van der Waals surface area contributed by atoms with E-state index in [1.165, 1.54) is 0 Å². The van der Waals surface area contributed by atoms with Gasteiger partial charge in [-0.05, 0) is 54.1 Å². The molecule has 0 bridgehead atoms. The summed E-state index contributed by atoms with van der Waals surface area (Å²) >= 11 is 11.7. The van der Waals surface area contributed by atoms with Crippen molar-refractivity contribution in [2.24, 2.45) is 5.10 Å². The molecule has 6 heteroatoms. The molecule has 4 nitrogen and oxygen atoms in total. The number of carbonyl (C=O) groups excluding carboxylic acids is 1. The third-order valence-electron chi connectivity index (χ3n) is 3.70. The third-order valence-corrected chi connectivity index (χ3v) is 4.21. The maximum atomic E-state index is 12.1. The summed E-state index contributed by atoms with van der Waals surface area (Å²) in [5.41, 5.74) is 4.72. The van der Waals surface area contributed by atoms with Crippen LogP contribution in [0.25, 0.3) is 0 Å². The maximum Gasteiger partial charge on any atom is 0.271 e. The van der Waals surface area contributed by atoms with Crippen LogP contribution in [0.3, 0.4) is 0 Å². The van der Waals surface area contributed by atoms with Gasteiger partial charge in [0.2, 0.25) is 0 Å². The van der Waals surface area contributed by atoms with Gasteiger partial charge in [0.15, 0.2) is 0 Å². The van der Waals surface area contributed by atoms with Gasteiger partial charge in [-0.1, -0.05) is 47.5 Å². The molecule has 0 heterocycles. The Balaban J connectivity index is 1.62. The number of para-hydroxylation sites is 1. The van der Waals surface area contributed by atoms with Gasteiger partial charge >= 0.3 is 0 Å². The van der Waals surface area contributed by atoms with Crippen molar-refractivity contribution in [2.45, 2.75) is 6.61 Å². The van der Waals surface area contributed by atoms with Gasteiger partial charge in [-0.2, -0.15) is 5.10 Å². The summed E-state index contributed by atoms with van der Waals surface area (Å²) in [6.45, 7) is 0.402. The number of nitrogens with zero attached hydrogens (tertiary/aromatic N) is 1. The number of hydrogen-bond acceptors (Lipinski definition) is 3. The smallest absolute Gasteiger partial charge is 0.271 e. The number of benzene rings is 3. The molecule has 0 fully saturated rings. The van der Waals surface area contributed by atoms with Crippen molar-refractivity contribution in [3.05, 3.63) is 99.5 Å². The Bertz CT molecular complexity index is 939. The van der Waals surface area contributed by atoms with Crippen molar-refractivity contribution in [1.29, 1.82) is 0 Å². The van der Waals surface area contributed by atoms with Crippen molar-refractivity contribution >= 4 is 35.3 Å².